The Morgan fingerprint density at radius 2 is 2.37 bits per heavy atom. The zero-order chi connectivity index (χ0) is 13.7. The van der Waals surface area contributed by atoms with Gasteiger partial charge in [-0.25, -0.2) is 4.39 Å². The third kappa shape index (κ3) is 4.27. The van der Waals surface area contributed by atoms with Crippen LogP contribution in [0.1, 0.15) is 18.9 Å². The van der Waals surface area contributed by atoms with E-state index in [4.69, 9.17) is 9.84 Å². The average molecular weight is 267 g/mol. The number of nitrogens with zero attached hydrogens (tertiary/aromatic N) is 1. The Labute approximate surface area is 114 Å². The van der Waals surface area contributed by atoms with Crippen LogP contribution in [0.25, 0.3) is 0 Å². The van der Waals surface area contributed by atoms with Crippen LogP contribution in [-0.4, -0.2) is 48.5 Å². The summed E-state index contributed by atoms with van der Waals surface area (Å²) in [6.45, 7) is 4.61. The highest BCUT2D eigenvalue weighted by Gasteiger charge is 2.23. The van der Waals surface area contributed by atoms with Crippen LogP contribution in [0.4, 0.5) is 4.39 Å². The molecule has 1 fully saturated rings. The largest absolute Gasteiger partial charge is 0.394 e. The van der Waals surface area contributed by atoms with Crippen LogP contribution in [0.2, 0.25) is 0 Å². The Balaban J connectivity index is 1.82. The van der Waals surface area contributed by atoms with Crippen molar-refractivity contribution in [3.05, 3.63) is 35.6 Å². The summed E-state index contributed by atoms with van der Waals surface area (Å²) in [6, 6.07) is 7.21. The Bertz CT molecular complexity index is 399. The van der Waals surface area contributed by atoms with Gasteiger partial charge in [0.15, 0.2) is 0 Å². The van der Waals surface area contributed by atoms with Crippen molar-refractivity contribution >= 4 is 0 Å². The molecule has 0 unspecified atom stereocenters. The van der Waals surface area contributed by atoms with E-state index in [0.29, 0.717) is 12.6 Å². The minimum Gasteiger partial charge on any atom is -0.394 e. The van der Waals surface area contributed by atoms with Crippen molar-refractivity contribution in [1.82, 2.24) is 4.90 Å². The molecule has 0 aromatic heterocycles. The lowest BCUT2D eigenvalue weighted by Gasteiger charge is -2.36. The maximum Gasteiger partial charge on any atom is 0.123 e. The molecule has 19 heavy (non-hydrogen) atoms. The van der Waals surface area contributed by atoms with Gasteiger partial charge in [0.1, 0.15) is 5.82 Å². The highest BCUT2D eigenvalue weighted by Crippen LogP contribution is 2.14. The molecule has 1 aliphatic heterocycles. The second kappa shape index (κ2) is 6.98. The van der Waals surface area contributed by atoms with E-state index in [1.807, 2.05) is 6.07 Å². The van der Waals surface area contributed by atoms with Crippen LogP contribution in [0, 0.1) is 5.82 Å². The lowest BCUT2D eigenvalue weighted by molar-refractivity contribution is -0.0635. The van der Waals surface area contributed by atoms with Crippen molar-refractivity contribution in [3.63, 3.8) is 0 Å². The number of hydrogen-bond donors (Lipinski definition) is 1. The van der Waals surface area contributed by atoms with Crippen LogP contribution in [-0.2, 0) is 11.2 Å². The monoisotopic (exact) mass is 267 g/mol. The van der Waals surface area contributed by atoms with E-state index in [2.05, 4.69) is 11.8 Å². The molecule has 2 rings (SSSR count). The van der Waals surface area contributed by atoms with Gasteiger partial charge in [-0.05, 0) is 37.5 Å². The summed E-state index contributed by atoms with van der Waals surface area (Å²) < 4.78 is 18.5. The molecule has 1 aromatic carbocycles. The quantitative estimate of drug-likeness (QED) is 0.883. The van der Waals surface area contributed by atoms with Gasteiger partial charge in [-0.2, -0.15) is 0 Å². The second-order valence-corrected chi connectivity index (χ2v) is 5.19. The summed E-state index contributed by atoms with van der Waals surface area (Å²) in [5.74, 6) is -0.170. The van der Waals surface area contributed by atoms with E-state index in [9.17, 15) is 4.39 Å². The van der Waals surface area contributed by atoms with Crippen molar-refractivity contribution in [1.29, 1.82) is 0 Å². The molecule has 106 valence electrons. The first-order chi connectivity index (χ1) is 9.19. The summed E-state index contributed by atoms with van der Waals surface area (Å²) in [5.41, 5.74) is 1.04. The van der Waals surface area contributed by atoms with E-state index in [-0.39, 0.29) is 18.5 Å². The van der Waals surface area contributed by atoms with Crippen molar-refractivity contribution < 1.29 is 14.2 Å². The first kappa shape index (κ1) is 14.4. The highest BCUT2D eigenvalue weighted by molar-refractivity contribution is 5.16. The normalized spacial score (nSPS) is 22.4. The van der Waals surface area contributed by atoms with Gasteiger partial charge < -0.3 is 9.84 Å². The van der Waals surface area contributed by atoms with Crippen LogP contribution in [0.3, 0.4) is 0 Å². The van der Waals surface area contributed by atoms with Crippen molar-refractivity contribution in [3.8, 4) is 0 Å². The number of morpholine rings is 1. The maximum atomic E-state index is 13.1. The zero-order valence-corrected chi connectivity index (χ0v) is 11.4. The van der Waals surface area contributed by atoms with E-state index in [1.54, 1.807) is 12.1 Å². The molecule has 1 saturated heterocycles. The van der Waals surface area contributed by atoms with Gasteiger partial charge in [-0.3, -0.25) is 4.90 Å². The van der Waals surface area contributed by atoms with Gasteiger partial charge in [-0.15, -0.1) is 0 Å². The van der Waals surface area contributed by atoms with E-state index < -0.39 is 0 Å². The molecular weight excluding hydrogens is 245 g/mol. The smallest absolute Gasteiger partial charge is 0.123 e. The summed E-state index contributed by atoms with van der Waals surface area (Å²) in [4.78, 5) is 2.34. The van der Waals surface area contributed by atoms with Crippen molar-refractivity contribution in [2.75, 3.05) is 26.3 Å². The van der Waals surface area contributed by atoms with Crippen LogP contribution in [0.15, 0.2) is 24.3 Å². The molecule has 4 heteroatoms. The Morgan fingerprint density at radius 3 is 3.11 bits per heavy atom. The Morgan fingerprint density at radius 1 is 1.53 bits per heavy atom. The third-order valence-electron chi connectivity index (χ3n) is 3.74. The summed E-state index contributed by atoms with van der Waals surface area (Å²) >= 11 is 0. The highest BCUT2D eigenvalue weighted by atomic mass is 19.1. The fraction of sp³-hybridized carbons (Fsp3) is 0.600. The molecule has 2 atom stereocenters. The molecule has 0 spiro atoms. The first-order valence-corrected chi connectivity index (χ1v) is 6.90. The predicted octanol–water partition coefficient (Wildman–Crippen LogP) is 1.84. The Kier molecular flexibility index (Phi) is 5.31. The standard InChI is InChI=1S/C15H22FNO2/c1-12(17-7-8-19-15(10-17)11-18)5-6-13-3-2-4-14(16)9-13/h2-4,9,12,15,18H,5-8,10-11H2,1H3/t12-,15-/m0/s1. The number of aliphatic hydroxyl groups is 1. The van der Waals surface area contributed by atoms with Gasteiger partial charge in [-0.1, -0.05) is 12.1 Å². The molecule has 0 saturated carbocycles. The lowest BCUT2D eigenvalue weighted by atomic mass is 10.0. The number of aliphatic hydroxyl groups excluding tert-OH is 1. The molecular formula is C15H22FNO2. The van der Waals surface area contributed by atoms with Crippen LogP contribution >= 0.6 is 0 Å². The number of hydrogen-bond acceptors (Lipinski definition) is 3. The molecule has 1 aliphatic rings. The fourth-order valence-corrected chi connectivity index (χ4v) is 2.50. The molecule has 1 N–H and O–H groups in total. The van der Waals surface area contributed by atoms with Crippen LogP contribution in [0.5, 0.6) is 0 Å². The topological polar surface area (TPSA) is 32.7 Å². The minimum absolute atomic E-state index is 0.0645. The lowest BCUT2D eigenvalue weighted by Crippen LogP contribution is -2.48. The van der Waals surface area contributed by atoms with Gasteiger partial charge in [0.25, 0.3) is 0 Å². The first-order valence-electron chi connectivity index (χ1n) is 6.90. The molecule has 0 bridgehead atoms. The summed E-state index contributed by atoms with van der Waals surface area (Å²) in [6.07, 6.45) is 1.80. The summed E-state index contributed by atoms with van der Waals surface area (Å²) in [5, 5.41) is 9.14. The van der Waals surface area contributed by atoms with Gasteiger partial charge >= 0.3 is 0 Å². The number of benzene rings is 1. The number of aryl methyl sites for hydroxylation is 1. The fourth-order valence-electron chi connectivity index (χ4n) is 2.50. The molecule has 1 heterocycles. The molecule has 0 radical (unpaired) electrons. The number of rotatable bonds is 5. The maximum absolute atomic E-state index is 13.1. The second-order valence-electron chi connectivity index (χ2n) is 5.19. The SMILES string of the molecule is C[C@@H](CCc1cccc(F)c1)N1CCO[C@H](CO)C1. The van der Waals surface area contributed by atoms with E-state index in [1.165, 1.54) is 6.07 Å². The minimum atomic E-state index is -0.170. The van der Waals surface area contributed by atoms with Gasteiger partial charge in [0.05, 0.1) is 19.3 Å². The van der Waals surface area contributed by atoms with Gasteiger partial charge in [0.2, 0.25) is 0 Å². The van der Waals surface area contributed by atoms with E-state index >= 15 is 0 Å². The number of ether oxygens (including phenoxy) is 1. The zero-order valence-electron chi connectivity index (χ0n) is 11.4. The molecule has 3 nitrogen and oxygen atoms in total. The third-order valence-corrected chi connectivity index (χ3v) is 3.74. The molecule has 0 aliphatic carbocycles. The van der Waals surface area contributed by atoms with Gasteiger partial charge in [0, 0.05) is 19.1 Å². The average Bonchev–Trinajstić information content (AvgIpc) is 2.45. The van der Waals surface area contributed by atoms with Crippen molar-refractivity contribution in [2.45, 2.75) is 31.9 Å². The Hall–Kier alpha value is -0.970. The predicted molar refractivity (Wildman–Crippen MR) is 72.6 cm³/mol. The molecule has 0 amide bonds. The molecule has 1 aromatic rings. The van der Waals surface area contributed by atoms with E-state index in [0.717, 1.165) is 31.5 Å². The number of halogens is 1. The van der Waals surface area contributed by atoms with Crippen LogP contribution < -0.4 is 0 Å². The summed E-state index contributed by atoms with van der Waals surface area (Å²) in [7, 11) is 0. The van der Waals surface area contributed by atoms with Crippen molar-refractivity contribution in [2.24, 2.45) is 0 Å².